The second kappa shape index (κ2) is 5.27. The van der Waals surface area contributed by atoms with Gasteiger partial charge in [0.2, 0.25) is 0 Å². The van der Waals surface area contributed by atoms with Crippen molar-refractivity contribution >= 4 is 11.6 Å². The number of hydrogen-bond donors (Lipinski definition) is 0. The van der Waals surface area contributed by atoms with Crippen molar-refractivity contribution in [1.82, 2.24) is 0 Å². The Labute approximate surface area is 110 Å². The standard InChI is InChI=1S/C14H11ClFO2/c1-17-10-6-9(7-11(8-10)18-2)14-12(15)4-3-5-13(14)16/h4-8H,1-2H3. The maximum atomic E-state index is 13.8. The zero-order chi connectivity index (χ0) is 13.1. The van der Waals surface area contributed by atoms with Crippen molar-refractivity contribution in [1.29, 1.82) is 0 Å². The van der Waals surface area contributed by atoms with E-state index in [2.05, 4.69) is 6.07 Å². The zero-order valence-corrected chi connectivity index (χ0v) is 10.7. The Bertz CT molecular complexity index is 527. The molecular formula is C14H11ClFO2. The third-order valence-electron chi connectivity index (χ3n) is 2.54. The smallest absolute Gasteiger partial charge is 0.133 e. The van der Waals surface area contributed by atoms with Crippen LogP contribution in [-0.2, 0) is 0 Å². The number of benzene rings is 2. The fourth-order valence-corrected chi connectivity index (χ4v) is 1.94. The van der Waals surface area contributed by atoms with Gasteiger partial charge >= 0.3 is 0 Å². The van der Waals surface area contributed by atoms with Crippen molar-refractivity contribution in [2.45, 2.75) is 0 Å². The van der Waals surface area contributed by atoms with Gasteiger partial charge < -0.3 is 9.47 Å². The molecule has 0 aromatic heterocycles. The molecule has 18 heavy (non-hydrogen) atoms. The summed E-state index contributed by atoms with van der Waals surface area (Å²) in [6.45, 7) is 0. The topological polar surface area (TPSA) is 18.5 Å². The molecule has 4 heteroatoms. The van der Waals surface area contributed by atoms with Gasteiger partial charge in [0.25, 0.3) is 0 Å². The highest BCUT2D eigenvalue weighted by Gasteiger charge is 2.12. The molecule has 0 aliphatic rings. The lowest BCUT2D eigenvalue weighted by Crippen LogP contribution is -1.91. The molecule has 0 saturated heterocycles. The lowest BCUT2D eigenvalue weighted by molar-refractivity contribution is 0.394. The molecule has 0 heterocycles. The molecule has 1 radical (unpaired) electrons. The Kier molecular flexibility index (Phi) is 3.72. The largest absolute Gasteiger partial charge is 0.497 e. The summed E-state index contributed by atoms with van der Waals surface area (Å²) in [5.74, 6) is 0.720. The van der Waals surface area contributed by atoms with Gasteiger partial charge in [-0.1, -0.05) is 11.6 Å². The Hall–Kier alpha value is -1.74. The predicted octanol–water partition coefficient (Wildman–Crippen LogP) is 3.96. The normalized spacial score (nSPS) is 10.2. The van der Waals surface area contributed by atoms with Crippen LogP contribution in [-0.4, -0.2) is 14.2 Å². The summed E-state index contributed by atoms with van der Waals surface area (Å²) in [4.78, 5) is 0. The van der Waals surface area contributed by atoms with E-state index in [1.165, 1.54) is 26.4 Å². The molecule has 93 valence electrons. The van der Waals surface area contributed by atoms with Crippen molar-refractivity contribution < 1.29 is 13.9 Å². The van der Waals surface area contributed by atoms with Gasteiger partial charge in [0.15, 0.2) is 0 Å². The van der Waals surface area contributed by atoms with Crippen molar-refractivity contribution in [2.75, 3.05) is 14.2 Å². The number of rotatable bonds is 3. The fourth-order valence-electron chi connectivity index (χ4n) is 1.67. The maximum Gasteiger partial charge on any atom is 0.133 e. The van der Waals surface area contributed by atoms with Gasteiger partial charge in [0.05, 0.1) is 19.2 Å². The highest BCUT2D eigenvalue weighted by atomic mass is 35.5. The number of methoxy groups -OCH3 is 2. The number of hydrogen-bond acceptors (Lipinski definition) is 2. The van der Waals surface area contributed by atoms with Crippen molar-refractivity contribution in [3.63, 3.8) is 0 Å². The third kappa shape index (κ3) is 2.41. The van der Waals surface area contributed by atoms with Gasteiger partial charge in [-0.3, -0.25) is 0 Å². The molecule has 2 nitrogen and oxygen atoms in total. The van der Waals surface area contributed by atoms with E-state index in [4.69, 9.17) is 21.1 Å². The molecule has 0 atom stereocenters. The van der Waals surface area contributed by atoms with Crippen LogP contribution in [0.2, 0.25) is 5.02 Å². The fraction of sp³-hybridized carbons (Fsp3) is 0.143. The molecule has 2 aromatic rings. The van der Waals surface area contributed by atoms with E-state index in [0.29, 0.717) is 27.6 Å². The van der Waals surface area contributed by atoms with E-state index in [0.717, 1.165) is 0 Å². The van der Waals surface area contributed by atoms with Crippen LogP contribution >= 0.6 is 11.6 Å². The van der Waals surface area contributed by atoms with Crippen LogP contribution in [0.4, 0.5) is 4.39 Å². The molecule has 0 bridgehead atoms. The van der Waals surface area contributed by atoms with E-state index in [1.54, 1.807) is 18.2 Å². The first-order valence-corrected chi connectivity index (χ1v) is 5.62. The van der Waals surface area contributed by atoms with Gasteiger partial charge in [0.1, 0.15) is 17.3 Å². The molecule has 0 amide bonds. The third-order valence-corrected chi connectivity index (χ3v) is 2.84. The molecule has 0 fully saturated rings. The van der Waals surface area contributed by atoms with Gasteiger partial charge in [-0.25, -0.2) is 4.39 Å². The SMILES string of the molecule is COc1cc(OC)cc(-c2c(F)c[c]cc2Cl)c1. The van der Waals surface area contributed by atoms with E-state index in [-0.39, 0.29) is 0 Å². The minimum Gasteiger partial charge on any atom is -0.497 e. The first-order valence-electron chi connectivity index (χ1n) is 5.24. The molecular weight excluding hydrogens is 255 g/mol. The summed E-state index contributed by atoms with van der Waals surface area (Å²) in [7, 11) is 3.07. The lowest BCUT2D eigenvalue weighted by atomic mass is 10.0. The zero-order valence-electron chi connectivity index (χ0n) is 9.96. The molecule has 0 spiro atoms. The first-order chi connectivity index (χ1) is 8.65. The van der Waals surface area contributed by atoms with Crippen molar-refractivity contribution in [3.8, 4) is 22.6 Å². The van der Waals surface area contributed by atoms with Crippen LogP contribution < -0.4 is 9.47 Å². The summed E-state index contributed by atoms with van der Waals surface area (Å²) in [5, 5.41) is 0.297. The van der Waals surface area contributed by atoms with Gasteiger partial charge in [-0.15, -0.1) is 0 Å². The lowest BCUT2D eigenvalue weighted by Gasteiger charge is -2.10. The summed E-state index contributed by atoms with van der Waals surface area (Å²) < 4.78 is 24.1. The van der Waals surface area contributed by atoms with E-state index >= 15 is 0 Å². The van der Waals surface area contributed by atoms with Gasteiger partial charge in [-0.05, 0) is 35.9 Å². The van der Waals surface area contributed by atoms with Gasteiger partial charge in [0, 0.05) is 11.6 Å². The molecule has 0 N–H and O–H groups in total. The van der Waals surface area contributed by atoms with E-state index in [1.807, 2.05) is 0 Å². The predicted molar refractivity (Wildman–Crippen MR) is 68.8 cm³/mol. The monoisotopic (exact) mass is 265 g/mol. The molecule has 0 unspecified atom stereocenters. The molecule has 0 aliphatic carbocycles. The van der Waals surface area contributed by atoms with Crippen LogP contribution in [0.1, 0.15) is 0 Å². The summed E-state index contributed by atoms with van der Waals surface area (Å²) in [6.07, 6.45) is 0. The summed E-state index contributed by atoms with van der Waals surface area (Å²) in [5.41, 5.74) is 0.912. The number of ether oxygens (including phenoxy) is 2. The second-order valence-electron chi connectivity index (χ2n) is 3.63. The first kappa shape index (κ1) is 12.7. The molecule has 2 aromatic carbocycles. The van der Waals surface area contributed by atoms with E-state index < -0.39 is 5.82 Å². The molecule has 0 saturated carbocycles. The Morgan fingerprint density at radius 3 is 2.17 bits per heavy atom. The van der Waals surface area contributed by atoms with Crippen LogP contribution in [0.5, 0.6) is 11.5 Å². The average Bonchev–Trinajstić information content (AvgIpc) is 2.38. The summed E-state index contributed by atoms with van der Waals surface area (Å²) >= 11 is 6.00. The Morgan fingerprint density at radius 2 is 1.67 bits per heavy atom. The van der Waals surface area contributed by atoms with Crippen LogP contribution in [0.25, 0.3) is 11.1 Å². The number of halogens is 2. The van der Waals surface area contributed by atoms with Crippen LogP contribution in [0, 0.1) is 11.9 Å². The Morgan fingerprint density at radius 1 is 1.06 bits per heavy atom. The van der Waals surface area contributed by atoms with Crippen LogP contribution in [0.3, 0.4) is 0 Å². The Balaban J connectivity index is 2.63. The van der Waals surface area contributed by atoms with Crippen molar-refractivity contribution in [3.05, 3.63) is 47.2 Å². The van der Waals surface area contributed by atoms with Crippen molar-refractivity contribution in [2.24, 2.45) is 0 Å². The van der Waals surface area contributed by atoms with Crippen LogP contribution in [0.15, 0.2) is 30.3 Å². The van der Waals surface area contributed by atoms with Gasteiger partial charge in [-0.2, -0.15) is 0 Å². The minimum absolute atomic E-state index is 0.297. The average molecular weight is 266 g/mol. The van der Waals surface area contributed by atoms with E-state index in [9.17, 15) is 4.39 Å². The molecule has 0 aliphatic heterocycles. The second-order valence-corrected chi connectivity index (χ2v) is 4.03. The molecule has 2 rings (SSSR count). The minimum atomic E-state index is -0.433. The highest BCUT2D eigenvalue weighted by molar-refractivity contribution is 6.33. The highest BCUT2D eigenvalue weighted by Crippen LogP contribution is 2.35. The quantitative estimate of drug-likeness (QED) is 0.836. The summed E-state index contributed by atoms with van der Waals surface area (Å²) in [6, 6.07) is 10.5. The maximum absolute atomic E-state index is 13.8.